The van der Waals surface area contributed by atoms with Gasteiger partial charge in [0.05, 0.1) is 5.71 Å². The van der Waals surface area contributed by atoms with Gasteiger partial charge in [0, 0.05) is 0 Å². The molecule has 0 fully saturated rings. The summed E-state index contributed by atoms with van der Waals surface area (Å²) in [5, 5.41) is 11.6. The summed E-state index contributed by atoms with van der Waals surface area (Å²) in [6, 6.07) is 17.8. The molecular formula is C17H17NO2. The number of benzene rings is 2. The number of hydrogen-bond donors (Lipinski definition) is 1. The average molecular weight is 267 g/mol. The van der Waals surface area contributed by atoms with Gasteiger partial charge in [0.15, 0.2) is 0 Å². The van der Waals surface area contributed by atoms with Crippen LogP contribution in [-0.2, 0) is 6.61 Å². The normalized spacial score (nSPS) is 11.8. The van der Waals surface area contributed by atoms with Gasteiger partial charge in [0.2, 0.25) is 0 Å². The molecule has 0 radical (unpaired) electrons. The Balaban J connectivity index is 1.93. The monoisotopic (exact) mass is 267 g/mol. The fourth-order valence-electron chi connectivity index (χ4n) is 1.67. The van der Waals surface area contributed by atoms with Crippen molar-refractivity contribution in [2.45, 2.75) is 13.5 Å². The van der Waals surface area contributed by atoms with Gasteiger partial charge in [-0.1, -0.05) is 53.7 Å². The first kappa shape index (κ1) is 13.9. The zero-order valence-corrected chi connectivity index (χ0v) is 11.4. The van der Waals surface area contributed by atoms with Gasteiger partial charge in [0.25, 0.3) is 0 Å². The van der Waals surface area contributed by atoms with Gasteiger partial charge in [-0.05, 0) is 36.3 Å². The molecule has 0 aliphatic heterocycles. The van der Waals surface area contributed by atoms with Crippen molar-refractivity contribution in [1.82, 2.24) is 0 Å². The first-order chi connectivity index (χ1) is 9.78. The molecule has 0 heterocycles. The highest BCUT2D eigenvalue weighted by Gasteiger charge is 1.95. The number of rotatable bonds is 5. The van der Waals surface area contributed by atoms with Crippen molar-refractivity contribution in [3.63, 3.8) is 0 Å². The predicted molar refractivity (Wildman–Crippen MR) is 81.1 cm³/mol. The molecule has 2 aromatic carbocycles. The maximum absolute atomic E-state index is 8.55. The van der Waals surface area contributed by atoms with E-state index in [9.17, 15) is 0 Å². The van der Waals surface area contributed by atoms with Crippen LogP contribution in [0.15, 0.2) is 65.8 Å². The molecule has 2 aromatic rings. The van der Waals surface area contributed by atoms with Crippen molar-refractivity contribution in [3.8, 4) is 5.75 Å². The Morgan fingerprint density at radius 3 is 2.45 bits per heavy atom. The van der Waals surface area contributed by atoms with E-state index in [0.717, 1.165) is 16.9 Å². The summed E-state index contributed by atoms with van der Waals surface area (Å²) in [7, 11) is 0. The highest BCUT2D eigenvalue weighted by atomic mass is 16.5. The van der Waals surface area contributed by atoms with Gasteiger partial charge in [-0.3, -0.25) is 0 Å². The lowest BCUT2D eigenvalue weighted by Gasteiger charge is -2.06. The minimum Gasteiger partial charge on any atom is -0.489 e. The zero-order valence-electron chi connectivity index (χ0n) is 11.4. The third kappa shape index (κ3) is 4.28. The van der Waals surface area contributed by atoms with E-state index in [1.54, 1.807) is 13.0 Å². The summed E-state index contributed by atoms with van der Waals surface area (Å²) in [6.07, 6.45) is 3.63. The lowest BCUT2D eigenvalue weighted by molar-refractivity contribution is 0.306. The van der Waals surface area contributed by atoms with Gasteiger partial charge in [-0.25, -0.2) is 0 Å². The fourth-order valence-corrected chi connectivity index (χ4v) is 1.67. The van der Waals surface area contributed by atoms with E-state index in [4.69, 9.17) is 9.94 Å². The Morgan fingerprint density at radius 2 is 1.80 bits per heavy atom. The SMILES string of the molecule is CC(/C=C/c1ccc(OCc2ccccc2)cc1)=N\O. The third-order valence-corrected chi connectivity index (χ3v) is 2.80. The van der Waals surface area contributed by atoms with E-state index in [0.29, 0.717) is 12.3 Å². The van der Waals surface area contributed by atoms with Crippen molar-refractivity contribution >= 4 is 11.8 Å². The van der Waals surface area contributed by atoms with E-state index in [1.807, 2.05) is 60.7 Å². The van der Waals surface area contributed by atoms with E-state index in [1.165, 1.54) is 0 Å². The summed E-state index contributed by atoms with van der Waals surface area (Å²) in [5.41, 5.74) is 2.74. The molecular weight excluding hydrogens is 250 g/mol. The van der Waals surface area contributed by atoms with Crippen LogP contribution in [0.4, 0.5) is 0 Å². The predicted octanol–water partition coefficient (Wildman–Crippen LogP) is 4.13. The van der Waals surface area contributed by atoms with E-state index < -0.39 is 0 Å². The molecule has 2 rings (SSSR count). The van der Waals surface area contributed by atoms with Crippen molar-refractivity contribution in [1.29, 1.82) is 0 Å². The molecule has 0 saturated heterocycles. The highest BCUT2D eigenvalue weighted by Crippen LogP contribution is 2.15. The van der Waals surface area contributed by atoms with Crippen LogP contribution in [0, 0.1) is 0 Å². The molecule has 3 nitrogen and oxygen atoms in total. The molecule has 0 unspecified atom stereocenters. The molecule has 0 saturated carbocycles. The van der Waals surface area contributed by atoms with Gasteiger partial charge >= 0.3 is 0 Å². The Labute approximate surface area is 118 Å². The molecule has 0 bridgehead atoms. The van der Waals surface area contributed by atoms with Crippen LogP contribution in [0.3, 0.4) is 0 Å². The van der Waals surface area contributed by atoms with Crippen LogP contribution in [0.25, 0.3) is 6.08 Å². The molecule has 0 aliphatic rings. The number of nitrogens with zero attached hydrogens (tertiary/aromatic N) is 1. The van der Waals surface area contributed by atoms with Crippen molar-refractivity contribution < 1.29 is 9.94 Å². The first-order valence-corrected chi connectivity index (χ1v) is 6.41. The zero-order chi connectivity index (χ0) is 14.2. The van der Waals surface area contributed by atoms with Crippen LogP contribution >= 0.6 is 0 Å². The van der Waals surface area contributed by atoms with E-state index >= 15 is 0 Å². The maximum Gasteiger partial charge on any atom is 0.119 e. The second kappa shape index (κ2) is 7.14. The van der Waals surface area contributed by atoms with Crippen LogP contribution in [0.5, 0.6) is 5.75 Å². The molecule has 102 valence electrons. The number of ether oxygens (including phenoxy) is 1. The summed E-state index contributed by atoms with van der Waals surface area (Å²) in [6.45, 7) is 2.29. The molecule has 0 aromatic heterocycles. The van der Waals surface area contributed by atoms with Crippen molar-refractivity contribution in [2.75, 3.05) is 0 Å². The summed E-state index contributed by atoms with van der Waals surface area (Å²) >= 11 is 0. The highest BCUT2D eigenvalue weighted by molar-refractivity contribution is 5.95. The minimum atomic E-state index is 0.562. The first-order valence-electron chi connectivity index (χ1n) is 6.41. The van der Waals surface area contributed by atoms with Crippen LogP contribution in [-0.4, -0.2) is 10.9 Å². The lowest BCUT2D eigenvalue weighted by atomic mass is 10.2. The Morgan fingerprint density at radius 1 is 1.10 bits per heavy atom. The van der Waals surface area contributed by atoms with Gasteiger partial charge in [-0.2, -0.15) is 0 Å². The minimum absolute atomic E-state index is 0.562. The molecule has 0 aliphatic carbocycles. The van der Waals surface area contributed by atoms with Crippen LogP contribution in [0.1, 0.15) is 18.1 Å². The number of allylic oxidation sites excluding steroid dienone is 1. The Bertz CT molecular complexity index is 586. The summed E-state index contributed by atoms with van der Waals surface area (Å²) in [5.74, 6) is 0.832. The topological polar surface area (TPSA) is 41.8 Å². The van der Waals surface area contributed by atoms with Gasteiger partial charge in [0.1, 0.15) is 12.4 Å². The second-order valence-corrected chi connectivity index (χ2v) is 4.42. The quantitative estimate of drug-likeness (QED) is 0.503. The van der Waals surface area contributed by atoms with Crippen molar-refractivity contribution in [2.24, 2.45) is 5.16 Å². The molecule has 0 atom stereocenters. The van der Waals surface area contributed by atoms with Crippen LogP contribution in [0.2, 0.25) is 0 Å². The van der Waals surface area contributed by atoms with Crippen molar-refractivity contribution in [3.05, 3.63) is 71.8 Å². The summed E-state index contributed by atoms with van der Waals surface area (Å²) < 4.78 is 5.71. The number of hydrogen-bond acceptors (Lipinski definition) is 3. The molecule has 0 amide bonds. The standard InChI is InChI=1S/C17H17NO2/c1-14(18-19)7-8-15-9-11-17(12-10-15)20-13-16-5-3-2-4-6-16/h2-12,19H,13H2,1H3/b8-7+,18-14+. The van der Waals surface area contributed by atoms with E-state index in [-0.39, 0.29) is 0 Å². The third-order valence-electron chi connectivity index (χ3n) is 2.80. The van der Waals surface area contributed by atoms with Gasteiger partial charge in [-0.15, -0.1) is 0 Å². The fraction of sp³-hybridized carbons (Fsp3) is 0.118. The largest absolute Gasteiger partial charge is 0.489 e. The Hall–Kier alpha value is -2.55. The van der Waals surface area contributed by atoms with Gasteiger partial charge < -0.3 is 9.94 Å². The maximum atomic E-state index is 8.55. The molecule has 0 spiro atoms. The number of oxime groups is 1. The van der Waals surface area contributed by atoms with Crippen LogP contribution < -0.4 is 4.74 Å². The average Bonchev–Trinajstić information content (AvgIpc) is 2.52. The molecule has 3 heteroatoms. The molecule has 20 heavy (non-hydrogen) atoms. The summed E-state index contributed by atoms with van der Waals surface area (Å²) in [4.78, 5) is 0. The second-order valence-electron chi connectivity index (χ2n) is 4.42. The Kier molecular flexibility index (Phi) is 4.95. The molecule has 1 N–H and O–H groups in total. The smallest absolute Gasteiger partial charge is 0.119 e. The van der Waals surface area contributed by atoms with E-state index in [2.05, 4.69) is 5.16 Å². The lowest BCUT2D eigenvalue weighted by Crippen LogP contribution is -1.94.